The molecule has 0 saturated carbocycles. The third-order valence-electron chi connectivity index (χ3n) is 6.98. The zero-order chi connectivity index (χ0) is 26.7. The number of carbonyl (C=O) groups excluding carboxylic acids is 3. The van der Waals surface area contributed by atoms with Crippen LogP contribution in [0.25, 0.3) is 0 Å². The van der Waals surface area contributed by atoms with Gasteiger partial charge < -0.3 is 14.4 Å². The minimum Gasteiger partial charge on any atom is -0.434 e. The zero-order valence-electron chi connectivity index (χ0n) is 22.0. The standard InChI is InChI=1S/C29H35N3O5/c1-19(2)18-36-28(35)37-29(5)24(33)16-30-32-23(17-31(20(3)4)27(34)26(29)32)25(21-12-8-6-9-13-21)22-14-10-7-11-15-22/h6-16,19-20,23,25-26H,17-18H2,1-5H3. The van der Waals surface area contributed by atoms with Gasteiger partial charge >= 0.3 is 6.16 Å². The predicted molar refractivity (Wildman–Crippen MR) is 140 cm³/mol. The minimum absolute atomic E-state index is 0.0927. The summed E-state index contributed by atoms with van der Waals surface area (Å²) in [5.41, 5.74) is 0.319. The SMILES string of the molecule is CC(C)COC(=O)OC1(C)C(=O)C=NN2C(C(c3ccccc3)c3ccccc3)CN(C(C)C)C(=O)C21. The van der Waals surface area contributed by atoms with Gasteiger partial charge in [0.15, 0.2) is 6.04 Å². The summed E-state index contributed by atoms with van der Waals surface area (Å²) >= 11 is 0. The maximum Gasteiger partial charge on any atom is 0.509 e. The van der Waals surface area contributed by atoms with E-state index < -0.39 is 23.6 Å². The Morgan fingerprint density at radius 3 is 2.08 bits per heavy atom. The fourth-order valence-corrected chi connectivity index (χ4v) is 5.08. The first-order valence-electron chi connectivity index (χ1n) is 12.8. The molecule has 0 N–H and O–H groups in total. The summed E-state index contributed by atoms with van der Waals surface area (Å²) in [5.74, 6) is -0.934. The highest BCUT2D eigenvalue weighted by Gasteiger charge is 2.59. The van der Waals surface area contributed by atoms with Gasteiger partial charge in [-0.25, -0.2) is 4.79 Å². The first-order chi connectivity index (χ1) is 17.6. The van der Waals surface area contributed by atoms with E-state index in [9.17, 15) is 14.4 Å². The van der Waals surface area contributed by atoms with Crippen molar-refractivity contribution in [2.75, 3.05) is 13.2 Å². The number of hydrazone groups is 1. The van der Waals surface area contributed by atoms with E-state index in [0.717, 1.165) is 17.3 Å². The molecule has 196 valence electrons. The molecule has 1 fully saturated rings. The van der Waals surface area contributed by atoms with Crippen LogP contribution < -0.4 is 0 Å². The van der Waals surface area contributed by atoms with Crippen molar-refractivity contribution >= 4 is 24.1 Å². The lowest BCUT2D eigenvalue weighted by molar-refractivity contribution is -0.172. The van der Waals surface area contributed by atoms with Gasteiger partial charge in [0.25, 0.3) is 5.91 Å². The summed E-state index contributed by atoms with van der Waals surface area (Å²) in [6, 6.07) is 18.5. The first-order valence-corrected chi connectivity index (χ1v) is 12.8. The van der Waals surface area contributed by atoms with Crippen molar-refractivity contribution in [2.24, 2.45) is 11.0 Å². The number of hydrogen-bond donors (Lipinski definition) is 0. The van der Waals surface area contributed by atoms with Crippen LogP contribution >= 0.6 is 0 Å². The van der Waals surface area contributed by atoms with Gasteiger partial charge in [-0.05, 0) is 37.8 Å². The Bertz CT molecular complexity index is 1110. The second-order valence-electron chi connectivity index (χ2n) is 10.5. The van der Waals surface area contributed by atoms with Crippen molar-refractivity contribution in [1.29, 1.82) is 0 Å². The average Bonchev–Trinajstić information content (AvgIpc) is 2.87. The first kappa shape index (κ1) is 26.4. The van der Waals surface area contributed by atoms with Crippen molar-refractivity contribution in [3.05, 3.63) is 71.8 Å². The summed E-state index contributed by atoms with van der Waals surface area (Å²) in [7, 11) is 0. The lowest BCUT2D eigenvalue weighted by atomic mass is 9.79. The molecule has 3 unspecified atom stereocenters. The summed E-state index contributed by atoms with van der Waals surface area (Å²) in [5, 5.41) is 6.16. The van der Waals surface area contributed by atoms with E-state index >= 15 is 0 Å². The molecule has 2 aromatic carbocycles. The smallest absolute Gasteiger partial charge is 0.434 e. The molecule has 0 aromatic heterocycles. The van der Waals surface area contributed by atoms with E-state index in [1.807, 2.05) is 64.1 Å². The van der Waals surface area contributed by atoms with E-state index in [4.69, 9.17) is 9.47 Å². The molecular formula is C29H35N3O5. The van der Waals surface area contributed by atoms with Crippen molar-refractivity contribution < 1.29 is 23.9 Å². The van der Waals surface area contributed by atoms with Gasteiger partial charge in [0.1, 0.15) is 0 Å². The normalized spacial score (nSPS) is 23.6. The molecule has 0 aliphatic carbocycles. The van der Waals surface area contributed by atoms with Crippen LogP contribution in [0.3, 0.4) is 0 Å². The summed E-state index contributed by atoms with van der Waals surface area (Å²) < 4.78 is 10.9. The summed E-state index contributed by atoms with van der Waals surface area (Å²) in [4.78, 5) is 41.5. The molecule has 1 amide bonds. The molecule has 0 spiro atoms. The number of carbonyl (C=O) groups is 3. The number of ether oxygens (including phenoxy) is 2. The number of rotatable bonds is 7. The third-order valence-corrected chi connectivity index (χ3v) is 6.98. The molecule has 37 heavy (non-hydrogen) atoms. The number of piperazine rings is 1. The third kappa shape index (κ3) is 5.24. The van der Waals surface area contributed by atoms with Gasteiger partial charge in [-0.15, -0.1) is 0 Å². The Labute approximate surface area is 218 Å². The molecule has 2 aromatic rings. The van der Waals surface area contributed by atoms with Crippen molar-refractivity contribution in [1.82, 2.24) is 9.91 Å². The molecular weight excluding hydrogens is 470 g/mol. The molecule has 8 heteroatoms. The number of fused-ring (bicyclic) bond motifs is 1. The number of ketones is 1. The van der Waals surface area contributed by atoms with E-state index in [1.54, 1.807) is 9.91 Å². The quantitative estimate of drug-likeness (QED) is 0.523. The van der Waals surface area contributed by atoms with Crippen LogP contribution in [-0.2, 0) is 19.1 Å². The highest BCUT2D eigenvalue weighted by molar-refractivity contribution is 6.33. The van der Waals surface area contributed by atoms with Crippen molar-refractivity contribution in [2.45, 2.75) is 64.3 Å². The highest BCUT2D eigenvalue weighted by Crippen LogP contribution is 2.40. The van der Waals surface area contributed by atoms with E-state index in [1.165, 1.54) is 6.92 Å². The average molecular weight is 506 g/mol. The molecule has 2 aliphatic rings. The molecule has 0 radical (unpaired) electrons. The minimum atomic E-state index is -1.80. The summed E-state index contributed by atoms with van der Waals surface area (Å²) in [6.07, 6.45) is 0.179. The maximum absolute atomic E-state index is 13.9. The Morgan fingerprint density at radius 1 is 1.00 bits per heavy atom. The fourth-order valence-electron chi connectivity index (χ4n) is 5.08. The van der Waals surface area contributed by atoms with Gasteiger partial charge in [-0.3, -0.25) is 14.6 Å². The topological polar surface area (TPSA) is 88.5 Å². The van der Waals surface area contributed by atoms with Crippen LogP contribution in [0.1, 0.15) is 51.7 Å². The Morgan fingerprint density at radius 2 is 1.57 bits per heavy atom. The number of benzene rings is 2. The van der Waals surface area contributed by atoms with Crippen LogP contribution in [0.5, 0.6) is 0 Å². The largest absolute Gasteiger partial charge is 0.509 e. The zero-order valence-corrected chi connectivity index (χ0v) is 22.0. The molecule has 2 aliphatic heterocycles. The van der Waals surface area contributed by atoms with Crippen LogP contribution in [0, 0.1) is 5.92 Å². The van der Waals surface area contributed by atoms with Gasteiger partial charge in [0, 0.05) is 18.5 Å². The van der Waals surface area contributed by atoms with E-state index in [2.05, 4.69) is 29.4 Å². The second kappa shape index (κ2) is 10.7. The van der Waals surface area contributed by atoms with E-state index in [0.29, 0.717) is 6.54 Å². The van der Waals surface area contributed by atoms with E-state index in [-0.39, 0.29) is 36.4 Å². The van der Waals surface area contributed by atoms with Gasteiger partial charge in [-0.1, -0.05) is 74.5 Å². The second-order valence-corrected chi connectivity index (χ2v) is 10.5. The Hall–Kier alpha value is -3.68. The lowest BCUT2D eigenvalue weighted by Gasteiger charge is -2.53. The lowest BCUT2D eigenvalue weighted by Crippen LogP contribution is -2.73. The molecule has 8 nitrogen and oxygen atoms in total. The Balaban J connectivity index is 1.81. The van der Waals surface area contributed by atoms with Gasteiger partial charge in [0.2, 0.25) is 11.4 Å². The molecule has 3 atom stereocenters. The maximum atomic E-state index is 13.9. The molecule has 1 saturated heterocycles. The van der Waals surface area contributed by atoms with Crippen LogP contribution in [-0.4, -0.2) is 70.8 Å². The molecule has 2 heterocycles. The number of hydrogen-bond acceptors (Lipinski definition) is 7. The Kier molecular flexibility index (Phi) is 7.66. The fraction of sp³-hybridized carbons (Fsp3) is 0.448. The van der Waals surface area contributed by atoms with Crippen LogP contribution in [0.15, 0.2) is 65.8 Å². The summed E-state index contributed by atoms with van der Waals surface area (Å²) in [6.45, 7) is 9.69. The van der Waals surface area contributed by atoms with Crippen LogP contribution in [0.2, 0.25) is 0 Å². The molecule has 4 rings (SSSR count). The molecule has 0 bridgehead atoms. The predicted octanol–water partition coefficient (Wildman–Crippen LogP) is 4.24. The van der Waals surface area contributed by atoms with Gasteiger partial charge in [0.05, 0.1) is 18.9 Å². The van der Waals surface area contributed by atoms with Crippen LogP contribution in [0.4, 0.5) is 4.79 Å². The van der Waals surface area contributed by atoms with Crippen molar-refractivity contribution in [3.63, 3.8) is 0 Å². The monoisotopic (exact) mass is 505 g/mol. The van der Waals surface area contributed by atoms with Gasteiger partial charge in [-0.2, -0.15) is 5.10 Å². The van der Waals surface area contributed by atoms with Crippen molar-refractivity contribution in [3.8, 4) is 0 Å². The highest BCUT2D eigenvalue weighted by atomic mass is 16.7. The number of amides is 1. The number of Topliss-reactive ketones (excluding diaryl/α,β-unsaturated/α-hetero) is 1. The number of nitrogens with zero attached hydrogens (tertiary/aromatic N) is 3.